The first-order valence-electron chi connectivity index (χ1n) is 10.4. The Labute approximate surface area is 176 Å². The Morgan fingerprint density at radius 1 is 0.933 bits per heavy atom. The Morgan fingerprint density at radius 2 is 1.67 bits per heavy atom. The third-order valence-corrected chi connectivity index (χ3v) is 5.91. The van der Waals surface area contributed by atoms with E-state index in [0.717, 1.165) is 60.0 Å². The van der Waals surface area contributed by atoms with Crippen LogP contribution in [-0.2, 0) is 0 Å². The lowest BCUT2D eigenvalue weighted by Gasteiger charge is -2.31. The maximum atomic E-state index is 5.33. The average molecular weight is 401 g/mol. The highest BCUT2D eigenvalue weighted by Crippen LogP contribution is 2.36. The zero-order valence-electron chi connectivity index (χ0n) is 17.4. The van der Waals surface area contributed by atoms with E-state index in [1.807, 2.05) is 18.2 Å². The minimum atomic E-state index is 0.841. The maximum Gasteiger partial charge on any atom is 0.150 e. The van der Waals surface area contributed by atoms with Crippen molar-refractivity contribution in [3.63, 3.8) is 0 Å². The molecule has 3 heterocycles. The molecule has 152 valence electrons. The number of aromatic nitrogens is 3. The van der Waals surface area contributed by atoms with Crippen LogP contribution in [0.3, 0.4) is 0 Å². The van der Waals surface area contributed by atoms with Crippen molar-refractivity contribution in [1.29, 1.82) is 0 Å². The van der Waals surface area contributed by atoms with Gasteiger partial charge in [-0.3, -0.25) is 0 Å². The molecule has 1 saturated heterocycles. The number of nitrogens with zero attached hydrogens (tertiary/aromatic N) is 4. The van der Waals surface area contributed by atoms with E-state index in [-0.39, 0.29) is 0 Å². The first-order valence-corrected chi connectivity index (χ1v) is 10.4. The van der Waals surface area contributed by atoms with E-state index >= 15 is 0 Å². The van der Waals surface area contributed by atoms with Crippen LogP contribution >= 0.6 is 0 Å². The SMILES string of the molecule is COc1ccc(-n2cc(-c3ccccc3)c3c(N4CC[NH+](C)CC4)ncnc32)cc1. The van der Waals surface area contributed by atoms with Crippen LogP contribution in [0.25, 0.3) is 27.8 Å². The van der Waals surface area contributed by atoms with Gasteiger partial charge in [-0.25, -0.2) is 9.97 Å². The predicted molar refractivity (Wildman–Crippen MR) is 120 cm³/mol. The fourth-order valence-corrected chi connectivity index (χ4v) is 4.16. The fourth-order valence-electron chi connectivity index (χ4n) is 4.16. The van der Waals surface area contributed by atoms with E-state index in [2.05, 4.69) is 59.1 Å². The summed E-state index contributed by atoms with van der Waals surface area (Å²) in [5.74, 6) is 1.87. The van der Waals surface area contributed by atoms with Gasteiger partial charge in [-0.2, -0.15) is 0 Å². The molecule has 0 unspecified atom stereocenters. The Bertz CT molecular complexity index is 1150. The van der Waals surface area contributed by atoms with Gasteiger partial charge in [-0.05, 0) is 29.8 Å². The lowest BCUT2D eigenvalue weighted by Crippen LogP contribution is -3.12. The number of nitrogens with one attached hydrogen (secondary N) is 1. The number of anilines is 1. The van der Waals surface area contributed by atoms with Gasteiger partial charge in [0.25, 0.3) is 0 Å². The monoisotopic (exact) mass is 400 g/mol. The largest absolute Gasteiger partial charge is 0.497 e. The third-order valence-electron chi connectivity index (χ3n) is 5.91. The van der Waals surface area contributed by atoms with E-state index in [9.17, 15) is 0 Å². The van der Waals surface area contributed by atoms with E-state index in [1.165, 1.54) is 5.56 Å². The summed E-state index contributed by atoms with van der Waals surface area (Å²) in [7, 11) is 3.94. The number of quaternary nitrogens is 1. The van der Waals surface area contributed by atoms with Gasteiger partial charge < -0.3 is 19.1 Å². The number of piperazine rings is 1. The van der Waals surface area contributed by atoms with Gasteiger partial charge in [-0.1, -0.05) is 30.3 Å². The lowest BCUT2D eigenvalue weighted by molar-refractivity contribution is -0.880. The van der Waals surface area contributed by atoms with Gasteiger partial charge >= 0.3 is 0 Å². The summed E-state index contributed by atoms with van der Waals surface area (Å²) < 4.78 is 7.49. The Hall–Kier alpha value is -3.38. The zero-order valence-corrected chi connectivity index (χ0v) is 17.4. The van der Waals surface area contributed by atoms with E-state index < -0.39 is 0 Å². The average Bonchev–Trinajstić information content (AvgIpc) is 3.20. The topological polar surface area (TPSA) is 47.6 Å². The minimum Gasteiger partial charge on any atom is -0.497 e. The van der Waals surface area contributed by atoms with Crippen LogP contribution in [0.2, 0.25) is 0 Å². The van der Waals surface area contributed by atoms with Gasteiger partial charge in [0, 0.05) is 17.4 Å². The van der Waals surface area contributed by atoms with Crippen molar-refractivity contribution < 1.29 is 9.64 Å². The molecule has 6 nitrogen and oxygen atoms in total. The molecule has 0 radical (unpaired) electrons. The van der Waals surface area contributed by atoms with Crippen LogP contribution in [-0.4, -0.2) is 54.9 Å². The summed E-state index contributed by atoms with van der Waals surface area (Å²) in [6.45, 7) is 4.23. The molecule has 6 heteroatoms. The number of hydrogen-bond donors (Lipinski definition) is 1. The second-order valence-corrected chi connectivity index (χ2v) is 7.82. The van der Waals surface area contributed by atoms with Gasteiger partial charge in [0.1, 0.15) is 17.9 Å². The summed E-state index contributed by atoms with van der Waals surface area (Å²) in [6.07, 6.45) is 3.87. The van der Waals surface area contributed by atoms with Crippen LogP contribution in [0, 0.1) is 0 Å². The highest BCUT2D eigenvalue weighted by atomic mass is 16.5. The summed E-state index contributed by atoms with van der Waals surface area (Å²) in [5, 5.41) is 1.11. The second-order valence-electron chi connectivity index (χ2n) is 7.82. The molecule has 1 N–H and O–H groups in total. The summed E-state index contributed by atoms with van der Waals surface area (Å²) >= 11 is 0. The third kappa shape index (κ3) is 3.29. The molecule has 0 atom stereocenters. The number of benzene rings is 2. The molecule has 0 saturated carbocycles. The molecule has 1 aliphatic rings. The standard InChI is InChI=1S/C24H25N5O/c1-27-12-14-28(15-13-27)23-22-21(18-6-4-3-5-7-18)16-29(24(22)26-17-25-23)19-8-10-20(30-2)11-9-19/h3-11,16-17H,12-15H2,1-2H3/p+1. The van der Waals surface area contributed by atoms with Gasteiger partial charge in [0.15, 0.2) is 5.65 Å². The van der Waals surface area contributed by atoms with Crippen molar-refractivity contribution in [2.24, 2.45) is 0 Å². The molecule has 30 heavy (non-hydrogen) atoms. The van der Waals surface area contributed by atoms with Gasteiger partial charge in [-0.15, -0.1) is 0 Å². The van der Waals surface area contributed by atoms with Crippen molar-refractivity contribution >= 4 is 16.9 Å². The predicted octanol–water partition coefficient (Wildman–Crippen LogP) is 2.43. The zero-order chi connectivity index (χ0) is 20.5. The summed E-state index contributed by atoms with van der Waals surface area (Å²) in [5.41, 5.74) is 4.31. The normalized spacial score (nSPS) is 14.9. The quantitative estimate of drug-likeness (QED) is 0.572. The summed E-state index contributed by atoms with van der Waals surface area (Å²) in [6, 6.07) is 18.6. The van der Waals surface area contributed by atoms with Crippen molar-refractivity contribution in [2.45, 2.75) is 0 Å². The van der Waals surface area contributed by atoms with E-state index in [4.69, 9.17) is 14.7 Å². The minimum absolute atomic E-state index is 0.841. The number of ether oxygens (including phenoxy) is 1. The number of methoxy groups -OCH3 is 1. The summed E-state index contributed by atoms with van der Waals surface area (Å²) in [4.78, 5) is 13.4. The van der Waals surface area contributed by atoms with Crippen LogP contribution in [0.1, 0.15) is 0 Å². The van der Waals surface area contributed by atoms with Crippen LogP contribution in [0.15, 0.2) is 67.1 Å². The molecule has 2 aromatic heterocycles. The number of hydrogen-bond acceptors (Lipinski definition) is 4. The smallest absolute Gasteiger partial charge is 0.150 e. The van der Waals surface area contributed by atoms with Gasteiger partial charge in [0.2, 0.25) is 0 Å². The number of rotatable bonds is 4. The molecule has 1 aliphatic heterocycles. The molecule has 1 fully saturated rings. The molecule has 0 bridgehead atoms. The maximum absolute atomic E-state index is 5.33. The van der Waals surface area contributed by atoms with Crippen molar-refractivity contribution in [3.05, 3.63) is 67.1 Å². The van der Waals surface area contributed by atoms with E-state index in [0.29, 0.717) is 0 Å². The van der Waals surface area contributed by atoms with Crippen molar-refractivity contribution in [1.82, 2.24) is 14.5 Å². The van der Waals surface area contributed by atoms with Crippen molar-refractivity contribution in [3.8, 4) is 22.6 Å². The number of likely N-dealkylation sites (N-methyl/N-ethyl adjacent to an activating group) is 1. The molecule has 0 amide bonds. The molecule has 0 spiro atoms. The molecular weight excluding hydrogens is 374 g/mol. The van der Waals surface area contributed by atoms with Crippen LogP contribution in [0.5, 0.6) is 5.75 Å². The Kier molecular flexibility index (Phi) is 4.85. The first kappa shape index (κ1) is 18.6. The highest BCUT2D eigenvalue weighted by Gasteiger charge is 2.24. The van der Waals surface area contributed by atoms with E-state index in [1.54, 1.807) is 18.3 Å². The van der Waals surface area contributed by atoms with Crippen LogP contribution < -0.4 is 14.5 Å². The molecule has 4 aromatic rings. The number of fused-ring (bicyclic) bond motifs is 1. The Balaban J connectivity index is 1.71. The first-order chi connectivity index (χ1) is 14.7. The fraction of sp³-hybridized carbons (Fsp3) is 0.250. The second kappa shape index (κ2) is 7.80. The highest BCUT2D eigenvalue weighted by molar-refractivity contribution is 6.02. The van der Waals surface area contributed by atoms with Crippen molar-refractivity contribution in [2.75, 3.05) is 45.2 Å². The molecule has 5 rings (SSSR count). The molecule has 2 aromatic carbocycles. The Morgan fingerprint density at radius 3 is 2.37 bits per heavy atom. The molecule has 0 aliphatic carbocycles. The molecular formula is C24H26N5O+. The van der Waals surface area contributed by atoms with Crippen LogP contribution in [0.4, 0.5) is 5.82 Å². The van der Waals surface area contributed by atoms with Gasteiger partial charge in [0.05, 0.1) is 45.7 Å². The lowest BCUT2D eigenvalue weighted by atomic mass is 10.1.